The highest BCUT2D eigenvalue weighted by molar-refractivity contribution is 5.79. The van der Waals surface area contributed by atoms with Crippen LogP contribution in [-0.2, 0) is 12.6 Å². The molecule has 1 aromatic rings. The number of alkyl halides is 3. The summed E-state index contributed by atoms with van der Waals surface area (Å²) in [5.74, 6) is 0.711. The van der Waals surface area contributed by atoms with Crippen LogP contribution < -0.4 is 10.6 Å². The quantitative estimate of drug-likeness (QED) is 0.583. The predicted octanol–water partition coefficient (Wildman–Crippen LogP) is 2.90. The number of hydrogen-bond acceptors (Lipinski definition) is 2. The Hall–Kier alpha value is -1.76. The summed E-state index contributed by atoms with van der Waals surface area (Å²) < 4.78 is 37.6. The van der Waals surface area contributed by atoms with Crippen LogP contribution in [0.25, 0.3) is 0 Å². The van der Waals surface area contributed by atoms with Crippen LogP contribution in [0.5, 0.6) is 0 Å². The van der Waals surface area contributed by atoms with Crippen molar-refractivity contribution in [1.29, 1.82) is 0 Å². The van der Waals surface area contributed by atoms with E-state index < -0.39 is 11.7 Å². The topological polar surface area (TPSA) is 39.7 Å². The lowest BCUT2D eigenvalue weighted by Crippen LogP contribution is -2.45. The van der Waals surface area contributed by atoms with Crippen LogP contribution >= 0.6 is 0 Å². The number of rotatable bonds is 7. The Morgan fingerprint density at radius 2 is 1.88 bits per heavy atom. The molecule has 140 valence electrons. The highest BCUT2D eigenvalue weighted by Gasteiger charge is 2.30. The molecule has 0 spiro atoms. The maximum absolute atomic E-state index is 12.5. The Morgan fingerprint density at radius 1 is 1.24 bits per heavy atom. The SMILES string of the molecule is CN=C(NCCc1ccc(C(F)(F)F)cc1)NCC(C)N(C)C1CC1. The van der Waals surface area contributed by atoms with Gasteiger partial charge in [-0.2, -0.15) is 13.2 Å². The van der Waals surface area contributed by atoms with Gasteiger partial charge in [-0.3, -0.25) is 9.89 Å². The molecular weight excluding hydrogens is 329 g/mol. The van der Waals surface area contributed by atoms with E-state index in [9.17, 15) is 13.2 Å². The number of nitrogens with zero attached hydrogens (tertiary/aromatic N) is 2. The number of hydrogen-bond donors (Lipinski definition) is 2. The van der Waals surface area contributed by atoms with Gasteiger partial charge in [0.1, 0.15) is 0 Å². The van der Waals surface area contributed by atoms with Crippen molar-refractivity contribution in [3.05, 3.63) is 35.4 Å². The Labute approximate surface area is 147 Å². The van der Waals surface area contributed by atoms with E-state index in [0.717, 1.165) is 24.2 Å². The summed E-state index contributed by atoms with van der Waals surface area (Å²) in [7, 11) is 3.85. The van der Waals surface area contributed by atoms with Crippen molar-refractivity contribution >= 4 is 5.96 Å². The zero-order valence-electron chi connectivity index (χ0n) is 15.0. The summed E-state index contributed by atoms with van der Waals surface area (Å²) in [5, 5.41) is 6.50. The van der Waals surface area contributed by atoms with Gasteiger partial charge in [-0.15, -0.1) is 0 Å². The molecular formula is C18H27F3N4. The first-order valence-corrected chi connectivity index (χ1v) is 8.64. The molecule has 1 atom stereocenters. The van der Waals surface area contributed by atoms with Crippen molar-refractivity contribution in [2.75, 3.05) is 27.2 Å². The summed E-state index contributed by atoms with van der Waals surface area (Å²) in [6.45, 7) is 3.59. The zero-order chi connectivity index (χ0) is 18.4. The van der Waals surface area contributed by atoms with Crippen LogP contribution in [0.2, 0.25) is 0 Å². The first kappa shape index (κ1) is 19.6. The van der Waals surface area contributed by atoms with E-state index >= 15 is 0 Å². The first-order valence-electron chi connectivity index (χ1n) is 8.64. The molecule has 1 aliphatic rings. The third-order valence-corrected chi connectivity index (χ3v) is 4.59. The molecule has 0 heterocycles. The molecule has 1 saturated carbocycles. The van der Waals surface area contributed by atoms with Crippen LogP contribution in [0.3, 0.4) is 0 Å². The second-order valence-corrected chi connectivity index (χ2v) is 6.57. The minimum absolute atomic E-state index is 0.418. The van der Waals surface area contributed by atoms with E-state index in [1.807, 2.05) is 0 Å². The third kappa shape index (κ3) is 6.23. The minimum atomic E-state index is -4.28. The fraction of sp³-hybridized carbons (Fsp3) is 0.611. The van der Waals surface area contributed by atoms with Gasteiger partial charge in [0, 0.05) is 32.2 Å². The third-order valence-electron chi connectivity index (χ3n) is 4.59. The molecule has 1 unspecified atom stereocenters. The standard InChI is InChI=1S/C18H27F3N4/c1-13(25(3)16-8-9-16)12-24-17(22-2)23-11-10-14-4-6-15(7-5-14)18(19,20)21/h4-7,13,16H,8-12H2,1-3H3,(H2,22,23,24). The van der Waals surface area contributed by atoms with Gasteiger partial charge in [0.15, 0.2) is 5.96 Å². The highest BCUT2D eigenvalue weighted by Crippen LogP contribution is 2.29. The second-order valence-electron chi connectivity index (χ2n) is 6.57. The van der Waals surface area contributed by atoms with Gasteiger partial charge >= 0.3 is 6.18 Å². The number of aliphatic imine (C=N–C) groups is 1. The molecule has 1 fully saturated rings. The largest absolute Gasteiger partial charge is 0.416 e. The average Bonchev–Trinajstić information content (AvgIpc) is 3.41. The molecule has 0 radical (unpaired) electrons. The van der Waals surface area contributed by atoms with Crippen LogP contribution in [0.4, 0.5) is 13.2 Å². The Balaban J connectivity index is 1.71. The van der Waals surface area contributed by atoms with Crippen molar-refractivity contribution in [2.45, 2.75) is 44.4 Å². The Morgan fingerprint density at radius 3 is 2.40 bits per heavy atom. The van der Waals surface area contributed by atoms with E-state index in [2.05, 4.69) is 34.5 Å². The van der Waals surface area contributed by atoms with Crippen LogP contribution in [0, 0.1) is 0 Å². The molecule has 1 aliphatic carbocycles. The molecule has 7 heteroatoms. The lowest BCUT2D eigenvalue weighted by atomic mass is 10.1. The average molecular weight is 356 g/mol. The summed E-state index contributed by atoms with van der Waals surface area (Å²) in [4.78, 5) is 6.56. The smallest absolute Gasteiger partial charge is 0.356 e. The number of halogens is 3. The lowest BCUT2D eigenvalue weighted by molar-refractivity contribution is -0.137. The molecule has 2 N–H and O–H groups in total. The molecule has 2 rings (SSSR count). The number of nitrogens with one attached hydrogen (secondary N) is 2. The molecule has 0 aliphatic heterocycles. The van der Waals surface area contributed by atoms with E-state index in [-0.39, 0.29) is 0 Å². The molecule has 0 aromatic heterocycles. The summed E-state index contributed by atoms with van der Waals surface area (Å²) in [5.41, 5.74) is 0.244. The normalized spacial score (nSPS) is 16.8. The zero-order valence-corrected chi connectivity index (χ0v) is 15.0. The van der Waals surface area contributed by atoms with E-state index in [0.29, 0.717) is 31.0 Å². The Kier molecular flexibility index (Phi) is 6.70. The summed E-state index contributed by atoms with van der Waals surface area (Å²) in [6.07, 6.45) is -1.09. The van der Waals surface area contributed by atoms with Gasteiger partial charge in [-0.25, -0.2) is 0 Å². The predicted molar refractivity (Wildman–Crippen MR) is 94.8 cm³/mol. The summed E-state index contributed by atoms with van der Waals surface area (Å²) >= 11 is 0. The lowest BCUT2D eigenvalue weighted by Gasteiger charge is -2.25. The van der Waals surface area contributed by atoms with Gasteiger partial charge in [0.2, 0.25) is 0 Å². The monoisotopic (exact) mass is 356 g/mol. The number of likely N-dealkylation sites (N-methyl/N-ethyl adjacent to an activating group) is 1. The summed E-state index contributed by atoms with van der Waals surface area (Å²) in [6, 6.07) is 6.42. The van der Waals surface area contributed by atoms with Gasteiger partial charge in [0.05, 0.1) is 5.56 Å². The Bertz CT molecular complexity index is 565. The van der Waals surface area contributed by atoms with Crippen molar-refractivity contribution in [3.63, 3.8) is 0 Å². The maximum atomic E-state index is 12.5. The molecule has 0 amide bonds. The number of guanidine groups is 1. The van der Waals surface area contributed by atoms with Crippen molar-refractivity contribution in [2.24, 2.45) is 4.99 Å². The van der Waals surface area contributed by atoms with Crippen molar-refractivity contribution in [1.82, 2.24) is 15.5 Å². The van der Waals surface area contributed by atoms with Gasteiger partial charge < -0.3 is 10.6 Å². The van der Waals surface area contributed by atoms with Gasteiger partial charge in [-0.1, -0.05) is 12.1 Å². The van der Waals surface area contributed by atoms with Crippen molar-refractivity contribution < 1.29 is 13.2 Å². The van der Waals surface area contributed by atoms with Gasteiger partial charge in [0.25, 0.3) is 0 Å². The number of benzene rings is 1. The minimum Gasteiger partial charge on any atom is -0.356 e. The molecule has 0 bridgehead atoms. The van der Waals surface area contributed by atoms with E-state index in [4.69, 9.17) is 0 Å². The van der Waals surface area contributed by atoms with Gasteiger partial charge in [-0.05, 0) is 50.9 Å². The second kappa shape index (κ2) is 8.56. The van der Waals surface area contributed by atoms with Crippen LogP contribution in [-0.4, -0.2) is 50.1 Å². The molecule has 0 saturated heterocycles. The van der Waals surface area contributed by atoms with E-state index in [1.165, 1.54) is 25.0 Å². The fourth-order valence-electron chi connectivity index (χ4n) is 2.64. The van der Waals surface area contributed by atoms with E-state index in [1.54, 1.807) is 7.05 Å². The first-order chi connectivity index (χ1) is 11.8. The van der Waals surface area contributed by atoms with Crippen molar-refractivity contribution in [3.8, 4) is 0 Å². The maximum Gasteiger partial charge on any atom is 0.416 e. The molecule has 25 heavy (non-hydrogen) atoms. The molecule has 1 aromatic carbocycles. The van der Waals surface area contributed by atoms with Crippen LogP contribution in [0.1, 0.15) is 30.9 Å². The fourth-order valence-corrected chi connectivity index (χ4v) is 2.64. The van der Waals surface area contributed by atoms with Crippen LogP contribution in [0.15, 0.2) is 29.3 Å². The highest BCUT2D eigenvalue weighted by atomic mass is 19.4. The molecule has 4 nitrogen and oxygen atoms in total.